The van der Waals surface area contributed by atoms with Gasteiger partial charge in [0.2, 0.25) is 5.91 Å². The molecule has 2 aliphatic rings. The highest BCUT2D eigenvalue weighted by molar-refractivity contribution is 7.98. The van der Waals surface area contributed by atoms with E-state index in [2.05, 4.69) is 10.4 Å². The predicted molar refractivity (Wildman–Crippen MR) is 122 cm³/mol. The number of aromatic nitrogens is 2. The minimum absolute atomic E-state index is 0.0634. The number of hydrogen-bond donors (Lipinski definition) is 1. The molecule has 4 rings (SSSR count). The molecule has 0 bridgehead atoms. The highest BCUT2D eigenvalue weighted by Crippen LogP contribution is 2.35. The van der Waals surface area contributed by atoms with Gasteiger partial charge in [0.05, 0.1) is 13.2 Å². The molecule has 1 fully saturated rings. The van der Waals surface area contributed by atoms with Crippen molar-refractivity contribution in [3.8, 4) is 0 Å². The van der Waals surface area contributed by atoms with E-state index in [-0.39, 0.29) is 42.4 Å². The number of ether oxygens (including phenoxy) is 1. The smallest absolute Gasteiger partial charge is 0.358 e. The highest BCUT2D eigenvalue weighted by atomic mass is 32.2. The van der Waals surface area contributed by atoms with E-state index in [1.807, 2.05) is 30.5 Å². The second-order valence-corrected chi connectivity index (χ2v) is 9.24. The zero-order valence-electron chi connectivity index (χ0n) is 18.6. The van der Waals surface area contributed by atoms with Gasteiger partial charge in [0.1, 0.15) is 11.2 Å². The number of anilines is 1. The van der Waals surface area contributed by atoms with Crippen LogP contribution in [0.15, 0.2) is 35.2 Å². The summed E-state index contributed by atoms with van der Waals surface area (Å²) in [5.41, 5.74) is -0.250. The molecule has 2 aromatic rings. The summed E-state index contributed by atoms with van der Waals surface area (Å²) in [5.74, 6) is -1.18. The molecule has 1 aromatic heterocycles. The van der Waals surface area contributed by atoms with Crippen molar-refractivity contribution in [2.45, 2.75) is 62.6 Å². The molecule has 0 radical (unpaired) electrons. The number of nitrogens with zero attached hydrogens (tertiary/aromatic N) is 3. The van der Waals surface area contributed by atoms with E-state index in [0.29, 0.717) is 5.69 Å². The summed E-state index contributed by atoms with van der Waals surface area (Å²) in [6.07, 6.45) is 6.03. The molecular weight excluding hydrogens is 428 g/mol. The van der Waals surface area contributed by atoms with Crippen LogP contribution in [0.4, 0.5) is 5.69 Å². The fourth-order valence-corrected chi connectivity index (χ4v) is 4.90. The zero-order chi connectivity index (χ0) is 22.9. The quantitative estimate of drug-likeness (QED) is 0.530. The average Bonchev–Trinajstić information content (AvgIpc) is 3.44. The Kier molecular flexibility index (Phi) is 6.28. The first kappa shape index (κ1) is 22.4. The fraction of sp³-hybridized carbons (Fsp3) is 0.478. The SMILES string of the molecule is CCOC(=O)c1cc2n(n1)C[C@](C)(C(=O)NC1CCCC1)N(c1cccc(SC)c1)C2=O. The topological polar surface area (TPSA) is 93.5 Å². The van der Waals surface area contributed by atoms with Gasteiger partial charge < -0.3 is 10.1 Å². The van der Waals surface area contributed by atoms with Gasteiger partial charge in [-0.2, -0.15) is 5.10 Å². The molecule has 32 heavy (non-hydrogen) atoms. The van der Waals surface area contributed by atoms with Crippen molar-refractivity contribution in [3.05, 3.63) is 41.7 Å². The number of hydrogen-bond acceptors (Lipinski definition) is 6. The lowest BCUT2D eigenvalue weighted by molar-refractivity contribution is -0.127. The van der Waals surface area contributed by atoms with Crippen molar-refractivity contribution in [1.82, 2.24) is 15.1 Å². The van der Waals surface area contributed by atoms with Crippen LogP contribution in [0.2, 0.25) is 0 Å². The van der Waals surface area contributed by atoms with Crippen LogP contribution in [-0.4, -0.2) is 52.0 Å². The van der Waals surface area contributed by atoms with Crippen molar-refractivity contribution in [1.29, 1.82) is 0 Å². The standard InChI is InChI=1S/C23H28N4O4S/c1-4-31-21(29)18-13-19-20(28)27(16-10-7-11-17(12-16)32-3)23(2,14-26(19)25-18)22(30)24-15-8-5-6-9-15/h7,10-13,15H,4-6,8-9,14H2,1-3H3,(H,24,30)/t23-/m1/s1. The van der Waals surface area contributed by atoms with Gasteiger partial charge in [0, 0.05) is 22.7 Å². The number of benzene rings is 1. The van der Waals surface area contributed by atoms with E-state index in [9.17, 15) is 14.4 Å². The highest BCUT2D eigenvalue weighted by Gasteiger charge is 2.49. The lowest BCUT2D eigenvalue weighted by Gasteiger charge is -2.43. The van der Waals surface area contributed by atoms with E-state index in [4.69, 9.17) is 4.74 Å². The summed E-state index contributed by atoms with van der Waals surface area (Å²) in [6.45, 7) is 3.82. The maximum atomic E-state index is 13.7. The lowest BCUT2D eigenvalue weighted by Crippen LogP contribution is -2.65. The Labute approximate surface area is 191 Å². The van der Waals surface area contributed by atoms with E-state index in [1.165, 1.54) is 10.7 Å². The molecule has 1 aliphatic carbocycles. The molecule has 0 spiro atoms. The molecule has 1 saturated carbocycles. The van der Waals surface area contributed by atoms with Gasteiger partial charge in [-0.25, -0.2) is 4.79 Å². The molecule has 2 amide bonds. The molecule has 1 aliphatic heterocycles. The number of fused-ring (bicyclic) bond motifs is 1. The molecule has 2 heterocycles. The number of nitrogens with one attached hydrogen (secondary N) is 1. The number of thioether (sulfide) groups is 1. The first-order valence-electron chi connectivity index (χ1n) is 10.9. The molecule has 0 saturated heterocycles. The molecule has 9 heteroatoms. The van der Waals surface area contributed by atoms with Crippen molar-refractivity contribution < 1.29 is 19.1 Å². The largest absolute Gasteiger partial charge is 0.461 e. The van der Waals surface area contributed by atoms with Crippen LogP contribution in [-0.2, 0) is 16.1 Å². The van der Waals surface area contributed by atoms with Crippen LogP contribution < -0.4 is 10.2 Å². The van der Waals surface area contributed by atoms with Crippen LogP contribution in [0, 0.1) is 0 Å². The second kappa shape index (κ2) is 8.97. The van der Waals surface area contributed by atoms with Crippen LogP contribution in [0.5, 0.6) is 0 Å². The van der Waals surface area contributed by atoms with Crippen molar-refractivity contribution >= 4 is 35.2 Å². The van der Waals surface area contributed by atoms with E-state index >= 15 is 0 Å². The first-order chi connectivity index (χ1) is 15.4. The molecule has 0 unspecified atom stereocenters. The van der Waals surface area contributed by atoms with Gasteiger partial charge in [-0.05, 0) is 51.1 Å². The van der Waals surface area contributed by atoms with Crippen molar-refractivity contribution in [2.24, 2.45) is 0 Å². The van der Waals surface area contributed by atoms with Crippen LogP contribution in [0.25, 0.3) is 0 Å². The van der Waals surface area contributed by atoms with Gasteiger partial charge in [-0.3, -0.25) is 19.2 Å². The number of esters is 1. The Morgan fingerprint density at radius 1 is 1.28 bits per heavy atom. The minimum atomic E-state index is -1.21. The molecule has 170 valence electrons. The average molecular weight is 457 g/mol. The van der Waals surface area contributed by atoms with Gasteiger partial charge in [-0.1, -0.05) is 18.9 Å². The first-order valence-corrected chi connectivity index (χ1v) is 12.1. The minimum Gasteiger partial charge on any atom is -0.461 e. The van der Waals surface area contributed by atoms with E-state index in [0.717, 1.165) is 30.6 Å². The molecular formula is C23H28N4O4S. The van der Waals surface area contributed by atoms with Crippen LogP contribution >= 0.6 is 11.8 Å². The molecule has 1 aromatic carbocycles. The summed E-state index contributed by atoms with van der Waals surface area (Å²) in [4.78, 5) is 42.0. The third kappa shape index (κ3) is 4.01. The van der Waals surface area contributed by atoms with Gasteiger partial charge in [0.25, 0.3) is 5.91 Å². The third-order valence-corrected chi connectivity index (χ3v) is 6.85. The Morgan fingerprint density at radius 3 is 2.72 bits per heavy atom. The molecule has 1 N–H and O–H groups in total. The summed E-state index contributed by atoms with van der Waals surface area (Å²) >= 11 is 1.56. The zero-order valence-corrected chi connectivity index (χ0v) is 19.4. The second-order valence-electron chi connectivity index (χ2n) is 8.36. The summed E-state index contributed by atoms with van der Waals surface area (Å²) < 4.78 is 6.51. The van der Waals surface area contributed by atoms with Crippen molar-refractivity contribution in [2.75, 3.05) is 17.8 Å². The number of carbonyl (C=O) groups is 3. The molecule has 8 nitrogen and oxygen atoms in total. The van der Waals surface area contributed by atoms with Crippen molar-refractivity contribution in [3.63, 3.8) is 0 Å². The summed E-state index contributed by atoms with van der Waals surface area (Å²) in [7, 11) is 0. The molecule has 1 atom stereocenters. The maximum Gasteiger partial charge on any atom is 0.358 e. The van der Waals surface area contributed by atoms with E-state index in [1.54, 1.807) is 30.5 Å². The Bertz CT molecular complexity index is 1050. The predicted octanol–water partition coefficient (Wildman–Crippen LogP) is 3.26. The monoisotopic (exact) mass is 456 g/mol. The number of carbonyl (C=O) groups excluding carboxylic acids is 3. The van der Waals surface area contributed by atoms with Gasteiger partial charge in [-0.15, -0.1) is 11.8 Å². The maximum absolute atomic E-state index is 13.7. The Morgan fingerprint density at radius 2 is 2.03 bits per heavy atom. The fourth-order valence-electron chi connectivity index (χ4n) is 4.45. The van der Waals surface area contributed by atoms with Gasteiger partial charge in [0.15, 0.2) is 5.69 Å². The lowest BCUT2D eigenvalue weighted by atomic mass is 9.93. The third-order valence-electron chi connectivity index (χ3n) is 6.13. The number of amides is 2. The Balaban J connectivity index is 1.77. The van der Waals surface area contributed by atoms with Crippen LogP contribution in [0.3, 0.4) is 0 Å². The van der Waals surface area contributed by atoms with Crippen LogP contribution in [0.1, 0.15) is 60.5 Å². The van der Waals surface area contributed by atoms with E-state index < -0.39 is 11.5 Å². The Hall–Kier alpha value is -2.81. The summed E-state index contributed by atoms with van der Waals surface area (Å²) in [6, 6.07) is 9.13. The normalized spacial score (nSPS) is 20.8. The number of rotatable bonds is 6. The van der Waals surface area contributed by atoms with Gasteiger partial charge >= 0.3 is 5.97 Å². The summed E-state index contributed by atoms with van der Waals surface area (Å²) in [5, 5.41) is 7.45.